The summed E-state index contributed by atoms with van der Waals surface area (Å²) in [5, 5.41) is 8.43. The van der Waals surface area contributed by atoms with Gasteiger partial charge in [-0.3, -0.25) is 4.90 Å². The number of nitrogens with zero attached hydrogens (tertiary/aromatic N) is 4. The molecule has 0 amide bonds. The number of piperazine rings is 1. The van der Waals surface area contributed by atoms with E-state index in [9.17, 15) is 0 Å². The van der Waals surface area contributed by atoms with Gasteiger partial charge in [0.25, 0.3) is 0 Å². The molecule has 0 unspecified atom stereocenters. The maximum Gasteiger partial charge on any atom is 0.247 e. The Morgan fingerprint density at radius 3 is 2.59 bits per heavy atom. The molecule has 5 nitrogen and oxygen atoms in total. The molecule has 1 aliphatic rings. The number of hydrogen-bond acceptors (Lipinski definition) is 5. The quantitative estimate of drug-likeness (QED) is 0.616. The molecule has 0 saturated carbocycles. The van der Waals surface area contributed by atoms with Gasteiger partial charge in [-0.05, 0) is 49.2 Å². The molecule has 1 aromatic heterocycles. The molecule has 1 fully saturated rings. The Morgan fingerprint density at radius 2 is 1.81 bits per heavy atom. The molecule has 6 heteroatoms. The minimum atomic E-state index is 0.570. The molecule has 2 heterocycles. The van der Waals surface area contributed by atoms with Gasteiger partial charge in [-0.2, -0.15) is 0 Å². The summed E-state index contributed by atoms with van der Waals surface area (Å²) < 4.78 is 6.88. The van der Waals surface area contributed by atoms with Crippen LogP contribution in [0.4, 0.5) is 5.69 Å². The smallest absolute Gasteiger partial charge is 0.247 e. The van der Waals surface area contributed by atoms with Crippen LogP contribution < -0.4 is 4.90 Å². The van der Waals surface area contributed by atoms with Crippen LogP contribution in [0.1, 0.15) is 17.0 Å². The van der Waals surface area contributed by atoms with Crippen LogP contribution in [0.2, 0.25) is 0 Å². The molecule has 0 aliphatic carbocycles. The van der Waals surface area contributed by atoms with Gasteiger partial charge in [-0.25, -0.2) is 0 Å². The molecule has 2 aromatic carbocycles. The molecule has 0 atom stereocenters. The molecule has 1 saturated heterocycles. The summed E-state index contributed by atoms with van der Waals surface area (Å²) in [5.74, 6) is 1.24. The van der Waals surface area contributed by atoms with E-state index in [0.717, 1.165) is 36.2 Å². The van der Waals surface area contributed by atoms with Crippen molar-refractivity contribution in [1.29, 1.82) is 0 Å². The van der Waals surface area contributed by atoms with E-state index in [4.69, 9.17) is 4.42 Å². The fourth-order valence-corrected chi connectivity index (χ4v) is 3.85. The predicted octanol–water partition coefficient (Wildman–Crippen LogP) is 4.44. The van der Waals surface area contributed by atoms with Crippen molar-refractivity contribution in [3.8, 4) is 11.5 Å². The van der Waals surface area contributed by atoms with Crippen molar-refractivity contribution >= 4 is 21.6 Å². The lowest BCUT2D eigenvalue weighted by Crippen LogP contribution is -2.46. The molecule has 3 aromatic rings. The van der Waals surface area contributed by atoms with Gasteiger partial charge in [-0.15, -0.1) is 10.2 Å². The van der Waals surface area contributed by atoms with Crippen LogP contribution >= 0.6 is 15.9 Å². The van der Waals surface area contributed by atoms with Gasteiger partial charge in [-0.1, -0.05) is 34.1 Å². The zero-order valence-electron chi connectivity index (χ0n) is 15.7. The Kier molecular flexibility index (Phi) is 5.27. The van der Waals surface area contributed by atoms with Gasteiger partial charge < -0.3 is 9.32 Å². The number of rotatable bonds is 4. The third-order valence-corrected chi connectivity index (χ3v) is 5.47. The second-order valence-electron chi connectivity index (χ2n) is 7.06. The van der Waals surface area contributed by atoms with E-state index in [-0.39, 0.29) is 0 Å². The average molecular weight is 427 g/mol. The van der Waals surface area contributed by atoms with E-state index in [1.165, 1.54) is 16.8 Å². The van der Waals surface area contributed by atoms with Gasteiger partial charge in [0.15, 0.2) is 0 Å². The number of aryl methyl sites for hydroxylation is 2. The highest BCUT2D eigenvalue weighted by Crippen LogP contribution is 2.24. The van der Waals surface area contributed by atoms with Crippen molar-refractivity contribution in [3.63, 3.8) is 0 Å². The minimum absolute atomic E-state index is 0.570. The number of halogens is 1. The Morgan fingerprint density at radius 1 is 1.00 bits per heavy atom. The molecule has 140 valence electrons. The molecule has 27 heavy (non-hydrogen) atoms. The first-order valence-corrected chi connectivity index (χ1v) is 10.0. The summed E-state index contributed by atoms with van der Waals surface area (Å²) in [6.45, 7) is 9.03. The minimum Gasteiger partial charge on any atom is -0.419 e. The van der Waals surface area contributed by atoms with E-state index < -0.39 is 0 Å². The monoisotopic (exact) mass is 426 g/mol. The zero-order chi connectivity index (χ0) is 18.8. The lowest BCUT2D eigenvalue weighted by molar-refractivity contribution is 0.227. The third-order valence-electron chi connectivity index (χ3n) is 4.97. The van der Waals surface area contributed by atoms with E-state index in [2.05, 4.69) is 68.0 Å². The highest BCUT2D eigenvalue weighted by molar-refractivity contribution is 9.10. The van der Waals surface area contributed by atoms with Crippen LogP contribution in [0.3, 0.4) is 0 Å². The van der Waals surface area contributed by atoms with Crippen LogP contribution in [0.15, 0.2) is 51.4 Å². The van der Waals surface area contributed by atoms with Crippen LogP contribution in [-0.4, -0.2) is 41.3 Å². The Labute approximate surface area is 168 Å². The molecule has 4 rings (SSSR count). The van der Waals surface area contributed by atoms with Crippen LogP contribution in [-0.2, 0) is 6.54 Å². The summed E-state index contributed by atoms with van der Waals surface area (Å²) in [6, 6.07) is 14.6. The van der Waals surface area contributed by atoms with Crippen molar-refractivity contribution in [2.24, 2.45) is 0 Å². The summed E-state index contributed by atoms with van der Waals surface area (Å²) in [4.78, 5) is 4.85. The Bertz CT molecular complexity index is 931. The molecule has 0 bridgehead atoms. The highest BCUT2D eigenvalue weighted by atomic mass is 79.9. The largest absolute Gasteiger partial charge is 0.419 e. The Hall–Kier alpha value is -2.18. The fourth-order valence-electron chi connectivity index (χ4n) is 3.45. The first-order chi connectivity index (χ1) is 13.1. The van der Waals surface area contributed by atoms with Crippen LogP contribution in [0.5, 0.6) is 0 Å². The molecule has 0 radical (unpaired) electrons. The lowest BCUT2D eigenvalue weighted by atomic mass is 10.1. The van der Waals surface area contributed by atoms with Crippen LogP contribution in [0.25, 0.3) is 11.5 Å². The maximum atomic E-state index is 5.88. The van der Waals surface area contributed by atoms with E-state index in [1.54, 1.807) is 0 Å². The standard InChI is InChI=1S/C21H23BrN4O/c1-15-6-7-16(2)19(12-15)26-10-8-25(9-11-26)14-20-23-24-21(27-20)17-4-3-5-18(22)13-17/h3-7,12-13H,8-11,14H2,1-2H3. The second kappa shape index (κ2) is 7.82. The zero-order valence-corrected chi connectivity index (χ0v) is 17.2. The Balaban J connectivity index is 1.38. The summed E-state index contributed by atoms with van der Waals surface area (Å²) in [6.07, 6.45) is 0. The fraction of sp³-hybridized carbons (Fsp3) is 0.333. The molecule has 0 N–H and O–H groups in total. The second-order valence-corrected chi connectivity index (χ2v) is 7.98. The van der Waals surface area contributed by atoms with Crippen molar-refractivity contribution in [2.75, 3.05) is 31.1 Å². The van der Waals surface area contributed by atoms with Gasteiger partial charge in [0.1, 0.15) is 0 Å². The number of aromatic nitrogens is 2. The first kappa shape index (κ1) is 18.2. The topological polar surface area (TPSA) is 45.4 Å². The molecular formula is C21H23BrN4O. The van der Waals surface area contributed by atoms with Gasteiger partial charge in [0, 0.05) is 41.9 Å². The molecule has 1 aliphatic heterocycles. The SMILES string of the molecule is Cc1ccc(C)c(N2CCN(Cc3nnc(-c4cccc(Br)c4)o3)CC2)c1. The third kappa shape index (κ3) is 4.22. The summed E-state index contributed by atoms with van der Waals surface area (Å²) in [5.41, 5.74) is 4.93. The van der Waals surface area contributed by atoms with Gasteiger partial charge >= 0.3 is 0 Å². The van der Waals surface area contributed by atoms with Crippen molar-refractivity contribution in [2.45, 2.75) is 20.4 Å². The number of benzene rings is 2. The van der Waals surface area contributed by atoms with E-state index in [0.29, 0.717) is 18.3 Å². The number of hydrogen-bond donors (Lipinski definition) is 0. The average Bonchev–Trinajstić information content (AvgIpc) is 3.13. The summed E-state index contributed by atoms with van der Waals surface area (Å²) in [7, 11) is 0. The van der Waals surface area contributed by atoms with Gasteiger partial charge in [0.2, 0.25) is 11.8 Å². The lowest BCUT2D eigenvalue weighted by Gasteiger charge is -2.36. The summed E-state index contributed by atoms with van der Waals surface area (Å²) >= 11 is 3.48. The van der Waals surface area contributed by atoms with Crippen molar-refractivity contribution < 1.29 is 4.42 Å². The first-order valence-electron chi connectivity index (χ1n) is 9.21. The molecule has 0 spiro atoms. The van der Waals surface area contributed by atoms with Gasteiger partial charge in [0.05, 0.1) is 6.54 Å². The van der Waals surface area contributed by atoms with Crippen molar-refractivity contribution in [3.05, 3.63) is 64.0 Å². The van der Waals surface area contributed by atoms with E-state index >= 15 is 0 Å². The van der Waals surface area contributed by atoms with Crippen molar-refractivity contribution in [1.82, 2.24) is 15.1 Å². The maximum absolute atomic E-state index is 5.88. The van der Waals surface area contributed by atoms with E-state index in [1.807, 2.05) is 24.3 Å². The normalized spacial score (nSPS) is 15.3. The predicted molar refractivity (Wildman–Crippen MR) is 111 cm³/mol. The van der Waals surface area contributed by atoms with Crippen LogP contribution in [0, 0.1) is 13.8 Å². The number of anilines is 1. The highest BCUT2D eigenvalue weighted by Gasteiger charge is 2.20. The molecular weight excluding hydrogens is 404 g/mol.